The van der Waals surface area contributed by atoms with Gasteiger partial charge in [0.25, 0.3) is 0 Å². The Labute approximate surface area is 103 Å². The Morgan fingerprint density at radius 1 is 1.29 bits per heavy atom. The second-order valence-corrected chi connectivity index (χ2v) is 3.58. The molecule has 0 aliphatic carbocycles. The number of ether oxygens (including phenoxy) is 1. The summed E-state index contributed by atoms with van der Waals surface area (Å²) >= 11 is 5.94. The van der Waals surface area contributed by atoms with Crippen LogP contribution in [0.25, 0.3) is 11.3 Å². The van der Waals surface area contributed by atoms with E-state index < -0.39 is 0 Å². The lowest BCUT2D eigenvalue weighted by atomic mass is 10.1. The van der Waals surface area contributed by atoms with Crippen molar-refractivity contribution >= 4 is 11.6 Å². The topological polar surface area (TPSA) is 58.8 Å². The third-order valence-electron chi connectivity index (χ3n) is 2.25. The maximum absolute atomic E-state index is 8.99. The molecular formula is C12H8ClN3O. The molecule has 0 unspecified atom stereocenters. The molecule has 0 amide bonds. The largest absolute Gasteiger partial charge is 0.495 e. The summed E-state index contributed by atoms with van der Waals surface area (Å²) in [5.74, 6) is 0.524. The predicted octanol–water partition coefficient (Wildman–Crippen LogP) is 2.68. The van der Waals surface area contributed by atoms with Gasteiger partial charge in [0.05, 0.1) is 12.7 Å². The fourth-order valence-electron chi connectivity index (χ4n) is 1.46. The van der Waals surface area contributed by atoms with E-state index >= 15 is 0 Å². The van der Waals surface area contributed by atoms with Crippen LogP contribution in [-0.2, 0) is 0 Å². The molecule has 1 aromatic carbocycles. The summed E-state index contributed by atoms with van der Waals surface area (Å²) in [6, 6.07) is 7.23. The van der Waals surface area contributed by atoms with E-state index in [1.165, 1.54) is 13.3 Å². The molecule has 84 valence electrons. The summed E-state index contributed by atoms with van der Waals surface area (Å²) < 4.78 is 5.07. The van der Waals surface area contributed by atoms with Gasteiger partial charge in [0.1, 0.15) is 17.5 Å². The van der Waals surface area contributed by atoms with Crippen molar-refractivity contribution in [1.82, 2.24) is 9.97 Å². The third-order valence-corrected chi connectivity index (χ3v) is 2.52. The lowest BCUT2D eigenvalue weighted by Crippen LogP contribution is -1.91. The Morgan fingerprint density at radius 2 is 2.06 bits per heavy atom. The van der Waals surface area contributed by atoms with Crippen LogP contribution in [0.15, 0.2) is 30.6 Å². The molecule has 0 radical (unpaired) electrons. The SMILES string of the molecule is COc1ccc(-c2nccnc2Cl)cc1C#N. The Hall–Kier alpha value is -2.12. The molecule has 2 rings (SSSR count). The zero-order valence-corrected chi connectivity index (χ0v) is 9.77. The molecule has 0 saturated carbocycles. The highest BCUT2D eigenvalue weighted by Crippen LogP contribution is 2.28. The first-order chi connectivity index (χ1) is 8.26. The quantitative estimate of drug-likeness (QED) is 0.816. The van der Waals surface area contributed by atoms with Crippen LogP contribution in [0.1, 0.15) is 5.56 Å². The maximum atomic E-state index is 8.99. The first kappa shape index (κ1) is 11.4. The molecule has 1 aromatic heterocycles. The van der Waals surface area contributed by atoms with E-state index in [-0.39, 0.29) is 0 Å². The highest BCUT2D eigenvalue weighted by molar-refractivity contribution is 6.31. The molecule has 0 fully saturated rings. The van der Waals surface area contributed by atoms with Gasteiger partial charge in [-0.05, 0) is 18.2 Å². The molecule has 0 N–H and O–H groups in total. The minimum absolute atomic E-state index is 0.307. The second-order valence-electron chi connectivity index (χ2n) is 3.22. The summed E-state index contributed by atoms with van der Waals surface area (Å²) in [5, 5.41) is 9.30. The Kier molecular flexibility index (Phi) is 3.22. The van der Waals surface area contributed by atoms with E-state index in [1.54, 1.807) is 24.4 Å². The minimum Gasteiger partial charge on any atom is -0.495 e. The number of rotatable bonds is 2. The van der Waals surface area contributed by atoms with E-state index in [0.29, 0.717) is 22.2 Å². The summed E-state index contributed by atoms with van der Waals surface area (Å²) in [5.41, 5.74) is 1.72. The second kappa shape index (κ2) is 4.81. The smallest absolute Gasteiger partial charge is 0.155 e. The number of nitrogens with zero attached hydrogens (tertiary/aromatic N) is 3. The van der Waals surface area contributed by atoms with Gasteiger partial charge in [0, 0.05) is 18.0 Å². The molecule has 2 aromatic rings. The molecule has 1 heterocycles. The van der Waals surface area contributed by atoms with E-state index in [0.717, 1.165) is 5.56 Å². The van der Waals surface area contributed by atoms with Gasteiger partial charge >= 0.3 is 0 Å². The number of hydrogen-bond donors (Lipinski definition) is 0. The minimum atomic E-state index is 0.307. The van der Waals surface area contributed by atoms with Crippen LogP contribution in [-0.4, -0.2) is 17.1 Å². The van der Waals surface area contributed by atoms with Crippen molar-refractivity contribution in [3.63, 3.8) is 0 Å². The molecule has 0 spiro atoms. The number of aromatic nitrogens is 2. The van der Waals surface area contributed by atoms with Crippen molar-refractivity contribution in [3.05, 3.63) is 41.3 Å². The molecule has 4 nitrogen and oxygen atoms in total. The van der Waals surface area contributed by atoms with Crippen molar-refractivity contribution < 1.29 is 4.74 Å². The Balaban J connectivity index is 2.55. The molecule has 0 aliphatic heterocycles. The van der Waals surface area contributed by atoms with Gasteiger partial charge < -0.3 is 4.74 Å². The Bertz CT molecular complexity index is 593. The molecule has 0 aliphatic rings. The van der Waals surface area contributed by atoms with Crippen LogP contribution >= 0.6 is 11.6 Å². The first-order valence-corrected chi connectivity index (χ1v) is 5.19. The van der Waals surface area contributed by atoms with Crippen LogP contribution in [0, 0.1) is 11.3 Å². The van der Waals surface area contributed by atoms with Gasteiger partial charge in [0.15, 0.2) is 5.15 Å². The lowest BCUT2D eigenvalue weighted by Gasteiger charge is -2.06. The predicted molar refractivity (Wildman–Crippen MR) is 63.7 cm³/mol. The Morgan fingerprint density at radius 3 is 2.71 bits per heavy atom. The molecule has 17 heavy (non-hydrogen) atoms. The zero-order valence-electron chi connectivity index (χ0n) is 9.01. The van der Waals surface area contributed by atoms with Crippen LogP contribution in [0.2, 0.25) is 5.15 Å². The van der Waals surface area contributed by atoms with Gasteiger partial charge in [-0.25, -0.2) is 4.98 Å². The molecule has 0 bridgehead atoms. The molecular weight excluding hydrogens is 238 g/mol. The maximum Gasteiger partial charge on any atom is 0.155 e. The normalized spacial score (nSPS) is 9.71. The monoisotopic (exact) mass is 245 g/mol. The van der Waals surface area contributed by atoms with Crippen molar-refractivity contribution in [2.75, 3.05) is 7.11 Å². The van der Waals surface area contributed by atoms with Crippen LogP contribution in [0.3, 0.4) is 0 Å². The first-order valence-electron chi connectivity index (χ1n) is 4.81. The van der Waals surface area contributed by atoms with Crippen molar-refractivity contribution in [3.8, 4) is 23.1 Å². The average molecular weight is 246 g/mol. The van der Waals surface area contributed by atoms with E-state index in [1.807, 2.05) is 0 Å². The van der Waals surface area contributed by atoms with Crippen LogP contribution in [0.5, 0.6) is 5.75 Å². The van der Waals surface area contributed by atoms with Gasteiger partial charge in [0.2, 0.25) is 0 Å². The summed E-state index contributed by atoms with van der Waals surface area (Å²) in [6.07, 6.45) is 3.07. The standard InChI is InChI=1S/C12H8ClN3O/c1-17-10-3-2-8(6-9(10)7-14)11-12(13)16-5-4-15-11/h2-6H,1H3. The number of hydrogen-bond acceptors (Lipinski definition) is 4. The summed E-state index contributed by atoms with van der Waals surface area (Å²) in [4.78, 5) is 8.08. The van der Waals surface area contributed by atoms with E-state index in [4.69, 9.17) is 21.6 Å². The fraction of sp³-hybridized carbons (Fsp3) is 0.0833. The highest BCUT2D eigenvalue weighted by Gasteiger charge is 2.09. The average Bonchev–Trinajstić information content (AvgIpc) is 2.38. The van der Waals surface area contributed by atoms with Gasteiger partial charge in [-0.3, -0.25) is 4.98 Å². The highest BCUT2D eigenvalue weighted by atomic mass is 35.5. The third kappa shape index (κ3) is 2.19. The summed E-state index contributed by atoms with van der Waals surface area (Å²) in [6.45, 7) is 0. The van der Waals surface area contributed by atoms with Crippen molar-refractivity contribution in [2.45, 2.75) is 0 Å². The lowest BCUT2D eigenvalue weighted by molar-refractivity contribution is 0.413. The number of methoxy groups -OCH3 is 1. The van der Waals surface area contributed by atoms with Gasteiger partial charge in [-0.1, -0.05) is 11.6 Å². The molecule has 5 heteroatoms. The fourth-order valence-corrected chi connectivity index (χ4v) is 1.67. The number of benzene rings is 1. The van der Waals surface area contributed by atoms with Crippen molar-refractivity contribution in [1.29, 1.82) is 5.26 Å². The zero-order chi connectivity index (χ0) is 12.3. The van der Waals surface area contributed by atoms with Crippen LogP contribution in [0.4, 0.5) is 0 Å². The number of nitriles is 1. The van der Waals surface area contributed by atoms with Crippen molar-refractivity contribution in [2.24, 2.45) is 0 Å². The van der Waals surface area contributed by atoms with E-state index in [9.17, 15) is 0 Å². The summed E-state index contributed by atoms with van der Waals surface area (Å²) in [7, 11) is 1.52. The van der Waals surface area contributed by atoms with Gasteiger partial charge in [-0.2, -0.15) is 5.26 Å². The molecule has 0 saturated heterocycles. The number of halogens is 1. The van der Waals surface area contributed by atoms with Gasteiger partial charge in [-0.15, -0.1) is 0 Å². The molecule has 0 atom stereocenters. The van der Waals surface area contributed by atoms with E-state index in [2.05, 4.69) is 16.0 Å². The van der Waals surface area contributed by atoms with Crippen LogP contribution < -0.4 is 4.74 Å².